The van der Waals surface area contributed by atoms with Crippen molar-refractivity contribution in [2.45, 2.75) is 58.8 Å². The fourth-order valence-corrected chi connectivity index (χ4v) is 5.00. The molecule has 0 N–H and O–H groups in total. The van der Waals surface area contributed by atoms with Crippen LogP contribution in [-0.4, -0.2) is 11.9 Å². The number of carbonyl (C=O) groups excluding carboxylic acids is 2. The van der Waals surface area contributed by atoms with Crippen molar-refractivity contribution in [3.63, 3.8) is 0 Å². The molecule has 0 amide bonds. The van der Waals surface area contributed by atoms with E-state index in [2.05, 4.69) is 49.6 Å². The number of aryl methyl sites for hydroxylation is 1. The molecule has 3 aromatic rings. The monoisotopic (exact) mass is 508 g/mol. The Morgan fingerprint density at radius 3 is 1.87 bits per heavy atom. The van der Waals surface area contributed by atoms with Crippen LogP contribution in [0.1, 0.15) is 62.1 Å². The van der Waals surface area contributed by atoms with Gasteiger partial charge in [0, 0.05) is 11.1 Å². The molecule has 1 fully saturated rings. The molecule has 4 nitrogen and oxygen atoms in total. The average molecular weight is 509 g/mol. The minimum absolute atomic E-state index is 0.380. The van der Waals surface area contributed by atoms with E-state index in [4.69, 9.17) is 9.47 Å². The quantitative estimate of drug-likeness (QED) is 0.175. The van der Waals surface area contributed by atoms with Crippen LogP contribution < -0.4 is 9.47 Å². The van der Waals surface area contributed by atoms with E-state index in [0.29, 0.717) is 34.5 Å². The van der Waals surface area contributed by atoms with Crippen molar-refractivity contribution in [3.8, 4) is 22.6 Å². The Labute approximate surface area is 226 Å². The molecule has 38 heavy (non-hydrogen) atoms. The molecular weight excluding hydrogens is 472 g/mol. The Kier molecular flexibility index (Phi) is 8.62. The smallest absolute Gasteiger partial charge is 0.338 e. The third kappa shape index (κ3) is 6.89. The van der Waals surface area contributed by atoms with Crippen LogP contribution in [0, 0.1) is 12.8 Å². The predicted octanol–water partition coefficient (Wildman–Crippen LogP) is 8.14. The summed E-state index contributed by atoms with van der Waals surface area (Å²) in [5, 5.41) is 0. The molecule has 3 aromatic carbocycles. The second-order valence-electron chi connectivity index (χ2n) is 10.5. The van der Waals surface area contributed by atoms with Crippen LogP contribution in [0.4, 0.5) is 0 Å². The van der Waals surface area contributed by atoms with Gasteiger partial charge in [0.2, 0.25) is 0 Å². The fraction of sp³-hybridized carbons (Fsp3) is 0.294. The zero-order valence-corrected chi connectivity index (χ0v) is 22.6. The van der Waals surface area contributed by atoms with Gasteiger partial charge in [-0.25, -0.2) is 9.59 Å². The molecule has 1 aliphatic rings. The Balaban J connectivity index is 1.29. The van der Waals surface area contributed by atoms with E-state index >= 15 is 0 Å². The number of hydrogen-bond acceptors (Lipinski definition) is 4. The summed E-state index contributed by atoms with van der Waals surface area (Å²) in [6.45, 7) is 12.5. The summed E-state index contributed by atoms with van der Waals surface area (Å²) in [4.78, 5) is 23.5. The molecule has 0 saturated heterocycles. The highest BCUT2D eigenvalue weighted by molar-refractivity contribution is 5.89. The van der Waals surface area contributed by atoms with Crippen molar-refractivity contribution in [3.05, 3.63) is 108 Å². The van der Waals surface area contributed by atoms with Gasteiger partial charge in [0.15, 0.2) is 0 Å². The molecule has 0 aliphatic heterocycles. The van der Waals surface area contributed by atoms with Crippen molar-refractivity contribution in [2.24, 2.45) is 5.92 Å². The minimum atomic E-state index is -0.411. The molecule has 0 atom stereocenters. The van der Waals surface area contributed by atoms with Gasteiger partial charge in [0.1, 0.15) is 11.5 Å². The molecule has 0 aromatic heterocycles. The van der Waals surface area contributed by atoms with Crippen LogP contribution in [0.15, 0.2) is 91.0 Å². The van der Waals surface area contributed by atoms with E-state index in [1.807, 2.05) is 37.3 Å². The van der Waals surface area contributed by atoms with Gasteiger partial charge in [-0.2, -0.15) is 0 Å². The Bertz CT molecular complexity index is 1320. The van der Waals surface area contributed by atoms with Gasteiger partial charge in [-0.1, -0.05) is 61.7 Å². The van der Waals surface area contributed by atoms with E-state index in [1.54, 1.807) is 13.8 Å². The first-order valence-corrected chi connectivity index (χ1v) is 13.2. The van der Waals surface area contributed by atoms with E-state index < -0.39 is 5.97 Å². The van der Waals surface area contributed by atoms with Crippen LogP contribution >= 0.6 is 0 Å². The fourth-order valence-electron chi connectivity index (χ4n) is 5.00. The lowest BCUT2D eigenvalue weighted by molar-refractivity contribution is -0.131. The molecule has 0 bridgehead atoms. The highest BCUT2D eigenvalue weighted by Gasteiger charge is 2.23. The molecule has 4 rings (SSSR count). The van der Waals surface area contributed by atoms with Gasteiger partial charge in [0.05, 0.1) is 0 Å². The number of ether oxygens (including phenoxy) is 2. The number of rotatable bonds is 8. The van der Waals surface area contributed by atoms with Crippen LogP contribution in [-0.2, 0) is 16.0 Å². The highest BCUT2D eigenvalue weighted by Crippen LogP contribution is 2.38. The minimum Gasteiger partial charge on any atom is -0.423 e. The summed E-state index contributed by atoms with van der Waals surface area (Å²) in [5.74, 6) is 1.58. The van der Waals surface area contributed by atoms with Gasteiger partial charge in [0.25, 0.3) is 0 Å². The Hall–Kier alpha value is -3.92. The van der Waals surface area contributed by atoms with E-state index in [1.165, 1.54) is 36.8 Å². The zero-order valence-electron chi connectivity index (χ0n) is 22.6. The second-order valence-corrected chi connectivity index (χ2v) is 10.5. The molecule has 0 unspecified atom stereocenters. The van der Waals surface area contributed by atoms with Crippen molar-refractivity contribution in [1.29, 1.82) is 0 Å². The summed E-state index contributed by atoms with van der Waals surface area (Å²) in [6, 6.07) is 22.5. The summed E-state index contributed by atoms with van der Waals surface area (Å²) in [5.41, 5.74) is 6.70. The van der Waals surface area contributed by atoms with Gasteiger partial charge < -0.3 is 9.47 Å². The first kappa shape index (κ1) is 27.1. The van der Waals surface area contributed by atoms with Crippen molar-refractivity contribution >= 4 is 11.9 Å². The summed E-state index contributed by atoms with van der Waals surface area (Å²) < 4.78 is 10.7. The number of benzene rings is 3. The van der Waals surface area contributed by atoms with Crippen molar-refractivity contribution in [2.75, 3.05) is 0 Å². The maximum atomic E-state index is 11.9. The van der Waals surface area contributed by atoms with Crippen molar-refractivity contribution in [1.82, 2.24) is 0 Å². The lowest BCUT2D eigenvalue weighted by Gasteiger charge is -2.29. The van der Waals surface area contributed by atoms with E-state index in [0.717, 1.165) is 23.1 Å². The number of hydrogen-bond donors (Lipinski definition) is 0. The van der Waals surface area contributed by atoms with Gasteiger partial charge in [-0.3, -0.25) is 0 Å². The molecule has 1 aliphatic carbocycles. The number of esters is 2. The maximum Gasteiger partial charge on any atom is 0.338 e. The van der Waals surface area contributed by atoms with E-state index in [9.17, 15) is 9.59 Å². The third-order valence-corrected chi connectivity index (χ3v) is 7.29. The zero-order chi connectivity index (χ0) is 27.2. The normalized spacial score (nSPS) is 16.9. The van der Waals surface area contributed by atoms with Crippen LogP contribution in [0.25, 0.3) is 11.1 Å². The van der Waals surface area contributed by atoms with Gasteiger partial charge in [-0.05, 0) is 111 Å². The Morgan fingerprint density at radius 1 is 0.763 bits per heavy atom. The highest BCUT2D eigenvalue weighted by atomic mass is 16.5. The predicted molar refractivity (Wildman–Crippen MR) is 152 cm³/mol. The number of carbonyl (C=O) groups is 2. The molecular formula is C34H36O4. The molecule has 0 radical (unpaired) electrons. The maximum absolute atomic E-state index is 11.9. The van der Waals surface area contributed by atoms with Crippen molar-refractivity contribution < 1.29 is 19.1 Å². The van der Waals surface area contributed by atoms with Gasteiger partial charge >= 0.3 is 11.9 Å². The van der Waals surface area contributed by atoms with E-state index in [-0.39, 0.29) is 5.97 Å². The molecule has 1 saturated carbocycles. The first-order valence-electron chi connectivity index (χ1n) is 13.2. The van der Waals surface area contributed by atoms with Crippen LogP contribution in [0.2, 0.25) is 0 Å². The summed E-state index contributed by atoms with van der Waals surface area (Å²) in [7, 11) is 0. The topological polar surface area (TPSA) is 52.6 Å². The lowest BCUT2D eigenvalue weighted by Crippen LogP contribution is -2.15. The SMILES string of the molecule is C=C(C)C(=O)Oc1ccc(-c2ccc(CC3CCC(c4ccc(OC(=O)C(=C)C)c(C)c4)CC3)cc2)cc1. The standard InChI is InChI=1S/C34H36O4/c1-22(2)33(35)37-31-17-14-28(15-18-31)27-10-6-25(7-11-27)21-26-8-12-29(13-9-26)30-16-19-32(24(5)20-30)38-34(36)23(3)4/h6-7,10-11,14-20,26,29H,1,3,8-9,12-13,21H2,2,4-5H3. The van der Waals surface area contributed by atoms with Gasteiger partial charge in [-0.15, -0.1) is 0 Å². The largest absolute Gasteiger partial charge is 0.423 e. The molecule has 196 valence electrons. The first-order chi connectivity index (χ1) is 18.2. The second kappa shape index (κ2) is 12.1. The molecule has 0 spiro atoms. The summed E-state index contributed by atoms with van der Waals surface area (Å²) >= 11 is 0. The summed E-state index contributed by atoms with van der Waals surface area (Å²) in [6.07, 6.45) is 5.87. The Morgan fingerprint density at radius 2 is 1.32 bits per heavy atom. The molecule has 0 heterocycles. The molecule has 4 heteroatoms. The van der Waals surface area contributed by atoms with Crippen LogP contribution in [0.3, 0.4) is 0 Å². The van der Waals surface area contributed by atoms with Crippen LogP contribution in [0.5, 0.6) is 11.5 Å². The third-order valence-electron chi connectivity index (χ3n) is 7.29. The lowest BCUT2D eigenvalue weighted by atomic mass is 9.76. The average Bonchev–Trinajstić information content (AvgIpc) is 2.91.